The van der Waals surface area contributed by atoms with Crippen LogP contribution in [0.25, 0.3) is 186 Å². The molecule has 0 aliphatic carbocycles. The van der Waals surface area contributed by atoms with Gasteiger partial charge in [0.2, 0.25) is 0 Å². The molecule has 0 radical (unpaired) electrons. The van der Waals surface area contributed by atoms with Crippen LogP contribution in [0.3, 0.4) is 0 Å². The Hall–Kier alpha value is -11.3. The normalized spacial score (nSPS) is 12.0. The number of para-hydroxylation sites is 2. The Morgan fingerprint density at radius 1 is 0.174 bits per heavy atom. The first-order valence-corrected chi connectivity index (χ1v) is 29.6. The van der Waals surface area contributed by atoms with Gasteiger partial charge in [-0.25, -0.2) is 0 Å². The van der Waals surface area contributed by atoms with Gasteiger partial charge < -0.3 is 8.83 Å². The van der Waals surface area contributed by atoms with Gasteiger partial charge in [0.25, 0.3) is 0 Å². The van der Waals surface area contributed by atoms with Gasteiger partial charge >= 0.3 is 0 Å². The van der Waals surface area contributed by atoms with Gasteiger partial charge in [0, 0.05) is 32.7 Å². The fourth-order valence-corrected chi connectivity index (χ4v) is 14.3. The number of furan rings is 2. The van der Waals surface area contributed by atoms with Crippen molar-refractivity contribution in [2.45, 2.75) is 0 Å². The minimum atomic E-state index is 0.874. The van der Waals surface area contributed by atoms with Crippen LogP contribution in [0.2, 0.25) is 0 Å². The molecule has 0 atom stereocenters. The summed E-state index contributed by atoms with van der Waals surface area (Å²) >= 11 is 0. The molecule has 86 heavy (non-hydrogen) atoms. The first kappa shape index (κ1) is 48.2. The number of hydrogen-bond donors (Lipinski definition) is 0. The molecule has 0 amide bonds. The average molecular weight is 1090 g/mol. The largest absolute Gasteiger partial charge is 0.456 e. The van der Waals surface area contributed by atoms with E-state index in [2.05, 4.69) is 291 Å². The maximum Gasteiger partial charge on any atom is 0.143 e. The summed E-state index contributed by atoms with van der Waals surface area (Å²) in [7, 11) is 0. The summed E-state index contributed by atoms with van der Waals surface area (Å²) in [6, 6.07) is 111. The second-order valence-electron chi connectivity index (χ2n) is 22.9. The van der Waals surface area contributed by atoms with E-state index in [9.17, 15) is 0 Å². The summed E-state index contributed by atoms with van der Waals surface area (Å²) in [6.45, 7) is 0. The third-order valence-electron chi connectivity index (χ3n) is 18.2. The van der Waals surface area contributed by atoms with Crippen LogP contribution in [0.1, 0.15) is 0 Å². The monoisotopic (exact) mass is 1090 g/mol. The Kier molecular flexibility index (Phi) is 10.7. The lowest BCUT2D eigenvalue weighted by Gasteiger charge is -2.18. The number of rotatable bonds is 7. The van der Waals surface area contributed by atoms with Gasteiger partial charge in [0.15, 0.2) is 0 Å². The van der Waals surface area contributed by atoms with E-state index in [-0.39, 0.29) is 0 Å². The van der Waals surface area contributed by atoms with Crippen LogP contribution in [-0.2, 0) is 0 Å². The first-order chi connectivity index (χ1) is 42.6. The summed E-state index contributed by atoms with van der Waals surface area (Å²) in [5.41, 5.74) is 20.2. The van der Waals surface area contributed by atoms with Gasteiger partial charge in [-0.15, -0.1) is 0 Å². The van der Waals surface area contributed by atoms with E-state index in [1.807, 2.05) is 12.1 Å². The molecule has 2 aromatic heterocycles. The van der Waals surface area contributed by atoms with Crippen molar-refractivity contribution in [3.8, 4) is 77.9 Å². The van der Waals surface area contributed by atoms with E-state index in [0.29, 0.717) is 0 Å². The minimum Gasteiger partial charge on any atom is -0.456 e. The molecule has 0 saturated heterocycles. The van der Waals surface area contributed by atoms with Gasteiger partial charge in [-0.3, -0.25) is 0 Å². The number of hydrogen-bond acceptors (Lipinski definition) is 2. The summed E-state index contributed by atoms with van der Waals surface area (Å²) in [5, 5.41) is 19.1. The molecule has 2 nitrogen and oxygen atoms in total. The highest BCUT2D eigenvalue weighted by Gasteiger charge is 2.23. The summed E-state index contributed by atoms with van der Waals surface area (Å²) in [5.74, 6) is 0. The van der Waals surface area contributed by atoms with E-state index in [1.54, 1.807) is 0 Å². The molecule has 0 saturated carbocycles. The highest BCUT2D eigenvalue weighted by atomic mass is 16.3. The van der Waals surface area contributed by atoms with Gasteiger partial charge in [0.1, 0.15) is 22.3 Å². The molecule has 18 aromatic rings. The fraction of sp³-hybridized carbons (Fsp3) is 0. The molecule has 0 fully saturated rings. The van der Waals surface area contributed by atoms with Crippen molar-refractivity contribution in [2.24, 2.45) is 0 Å². The van der Waals surface area contributed by atoms with Crippen molar-refractivity contribution in [1.29, 1.82) is 0 Å². The fourth-order valence-electron chi connectivity index (χ4n) is 14.3. The summed E-state index contributed by atoms with van der Waals surface area (Å²) in [4.78, 5) is 0. The van der Waals surface area contributed by atoms with Gasteiger partial charge in [0.05, 0.1) is 0 Å². The maximum atomic E-state index is 7.07. The van der Waals surface area contributed by atoms with E-state index in [0.717, 1.165) is 60.6 Å². The zero-order chi connectivity index (χ0) is 56.4. The lowest BCUT2D eigenvalue weighted by Crippen LogP contribution is -1.91. The second-order valence-corrected chi connectivity index (χ2v) is 22.9. The summed E-state index contributed by atoms with van der Waals surface area (Å²) in [6.07, 6.45) is 0. The number of fused-ring (bicyclic) bond motifs is 12. The Bertz CT molecular complexity index is 5700. The highest BCUT2D eigenvalue weighted by molar-refractivity contribution is 6.26. The molecule has 2 heterocycles. The molecule has 0 aliphatic heterocycles. The minimum absolute atomic E-state index is 0.874. The van der Waals surface area contributed by atoms with Gasteiger partial charge in [-0.1, -0.05) is 261 Å². The molecule has 0 spiro atoms. The molecule has 2 heteroatoms. The average Bonchev–Trinajstić information content (AvgIpc) is 1.33. The van der Waals surface area contributed by atoms with Crippen LogP contribution >= 0.6 is 0 Å². The molecule has 0 unspecified atom stereocenters. The molecule has 18 rings (SSSR count). The second kappa shape index (κ2) is 19.1. The Labute approximate surface area is 495 Å². The van der Waals surface area contributed by atoms with Crippen molar-refractivity contribution in [1.82, 2.24) is 0 Å². The molecular weight excluding hydrogens is 1040 g/mol. The van der Waals surface area contributed by atoms with Crippen LogP contribution in [0, 0.1) is 0 Å². The summed E-state index contributed by atoms with van der Waals surface area (Å²) < 4.78 is 13.3. The standard InChI is InChI=1S/C84H50O2/c1-2-16-56-47-57(40-35-51(56)15-1)52-31-38-55(39-32-52)80-69-22-7-9-24-71(69)82(72-25-10-8-23-70(72)80)73-27-13-28-74-83-63(26-14-30-78(83)86-84(73)74)61-44-43-59-48-58(41-42-60(59)49-61)53-33-36-54(37-34-53)79-65-18-3-5-20-67(65)81(68-21-6-4-19-66(68)79)62-45-46-77-75(50-62)64-17-11-12-29-76(64)85-77/h1-50H. The van der Waals surface area contributed by atoms with Crippen LogP contribution in [0.15, 0.2) is 312 Å². The van der Waals surface area contributed by atoms with Crippen LogP contribution < -0.4 is 0 Å². The molecule has 398 valence electrons. The Morgan fingerprint density at radius 3 is 1.13 bits per heavy atom. The molecule has 0 aliphatic rings. The third kappa shape index (κ3) is 7.53. The zero-order valence-electron chi connectivity index (χ0n) is 46.7. The first-order valence-electron chi connectivity index (χ1n) is 29.6. The maximum absolute atomic E-state index is 7.07. The Balaban J connectivity index is 0.689. The quantitative estimate of drug-likeness (QED) is 0.149. The van der Waals surface area contributed by atoms with Crippen molar-refractivity contribution in [2.75, 3.05) is 0 Å². The zero-order valence-corrected chi connectivity index (χ0v) is 46.7. The van der Waals surface area contributed by atoms with E-state index < -0.39 is 0 Å². The molecule has 16 aromatic carbocycles. The molecular formula is C84H50O2. The van der Waals surface area contributed by atoms with Crippen molar-refractivity contribution in [3.63, 3.8) is 0 Å². The van der Waals surface area contributed by atoms with E-state index in [4.69, 9.17) is 8.83 Å². The van der Waals surface area contributed by atoms with Crippen LogP contribution in [0.5, 0.6) is 0 Å². The van der Waals surface area contributed by atoms with Crippen molar-refractivity contribution < 1.29 is 8.83 Å². The van der Waals surface area contributed by atoms with Crippen LogP contribution in [-0.4, -0.2) is 0 Å². The predicted octanol–water partition coefficient (Wildman–Crippen LogP) is 24.1. The molecule has 0 bridgehead atoms. The van der Waals surface area contributed by atoms with Gasteiger partial charge in [-0.2, -0.15) is 0 Å². The Morgan fingerprint density at radius 2 is 0.547 bits per heavy atom. The van der Waals surface area contributed by atoms with Crippen LogP contribution in [0.4, 0.5) is 0 Å². The third-order valence-corrected chi connectivity index (χ3v) is 18.2. The lowest BCUT2D eigenvalue weighted by molar-refractivity contribution is 0.669. The number of benzene rings is 16. The highest BCUT2D eigenvalue weighted by Crippen LogP contribution is 2.49. The predicted molar refractivity (Wildman–Crippen MR) is 364 cm³/mol. The van der Waals surface area contributed by atoms with Crippen molar-refractivity contribution in [3.05, 3.63) is 303 Å². The van der Waals surface area contributed by atoms with Gasteiger partial charge in [-0.05, 0) is 174 Å². The van der Waals surface area contributed by atoms with E-state index in [1.165, 1.54) is 126 Å². The topological polar surface area (TPSA) is 26.3 Å². The van der Waals surface area contributed by atoms with E-state index >= 15 is 0 Å². The lowest BCUT2D eigenvalue weighted by atomic mass is 9.85. The van der Waals surface area contributed by atoms with Crippen molar-refractivity contribution >= 4 is 109 Å². The smallest absolute Gasteiger partial charge is 0.143 e. The molecule has 0 N–H and O–H groups in total. The SMILES string of the molecule is c1ccc2cc(-c3ccc(-c4c5ccccc5c(-c5cccc6c5oc5cccc(-c7ccc8cc(-c9ccc(-c%10c%11ccccc%11c(-c%11ccc%12oc%13ccccc%13c%12c%11)c%11ccccc%10%11)cc9)ccc8c7)c56)c5ccccc45)cc3)ccc2c1.